The number of nitrogens with zero attached hydrogens (tertiary/aromatic N) is 4. The molecule has 1 fully saturated rings. The quantitative estimate of drug-likeness (QED) is 0.549. The van der Waals surface area contributed by atoms with Gasteiger partial charge in [-0.3, -0.25) is 4.79 Å². The molecule has 9 nitrogen and oxygen atoms in total. The highest BCUT2D eigenvalue weighted by Gasteiger charge is 2.27. The van der Waals surface area contributed by atoms with Crippen LogP contribution < -0.4 is 10.1 Å². The van der Waals surface area contributed by atoms with Gasteiger partial charge in [-0.15, -0.1) is 10.2 Å². The van der Waals surface area contributed by atoms with Gasteiger partial charge in [0.1, 0.15) is 11.6 Å². The molecule has 1 saturated heterocycles. The van der Waals surface area contributed by atoms with Crippen molar-refractivity contribution >= 4 is 33.4 Å². The van der Waals surface area contributed by atoms with Crippen molar-refractivity contribution < 1.29 is 17.9 Å². The molecular weight excluding hydrogens is 450 g/mol. The maximum Gasteiger partial charge on any atom is 0.243 e. The van der Waals surface area contributed by atoms with E-state index in [1.807, 2.05) is 32.4 Å². The Hall–Kier alpha value is -2.11. The van der Waals surface area contributed by atoms with Crippen LogP contribution in [0, 0.1) is 0 Å². The maximum absolute atomic E-state index is 13.1. The minimum atomic E-state index is -3.63. The Labute approximate surface area is 194 Å². The summed E-state index contributed by atoms with van der Waals surface area (Å²) in [5.41, 5.74) is 0.342. The predicted octanol–water partition coefficient (Wildman–Crippen LogP) is 3.07. The molecule has 3 rings (SSSR count). The monoisotopic (exact) mass is 481 g/mol. The summed E-state index contributed by atoms with van der Waals surface area (Å²) in [6.07, 6.45) is 3.38. The smallest absolute Gasteiger partial charge is 0.243 e. The van der Waals surface area contributed by atoms with Crippen molar-refractivity contribution in [2.75, 3.05) is 24.2 Å². The van der Waals surface area contributed by atoms with Crippen LogP contribution in [-0.2, 0) is 28.3 Å². The van der Waals surface area contributed by atoms with Gasteiger partial charge in [0.05, 0.1) is 22.4 Å². The number of ether oxygens (including phenoxy) is 1. The number of rotatable bonds is 9. The van der Waals surface area contributed by atoms with Gasteiger partial charge in [0.15, 0.2) is 5.16 Å². The zero-order valence-corrected chi connectivity index (χ0v) is 20.6. The third kappa shape index (κ3) is 5.81. The Kier molecular flexibility index (Phi) is 8.18. The fourth-order valence-electron chi connectivity index (χ4n) is 3.47. The summed E-state index contributed by atoms with van der Waals surface area (Å²) in [4.78, 5) is 12.8. The first-order valence-corrected chi connectivity index (χ1v) is 13.3. The van der Waals surface area contributed by atoms with Crippen molar-refractivity contribution in [2.45, 2.75) is 62.6 Å². The van der Waals surface area contributed by atoms with Crippen LogP contribution in [0.5, 0.6) is 5.75 Å². The number of thioether (sulfide) groups is 1. The zero-order chi connectivity index (χ0) is 23.3. The number of aryl methyl sites for hydroxylation is 1. The topological polar surface area (TPSA) is 106 Å². The van der Waals surface area contributed by atoms with E-state index in [1.165, 1.54) is 28.2 Å². The van der Waals surface area contributed by atoms with Gasteiger partial charge in [0.2, 0.25) is 15.9 Å². The van der Waals surface area contributed by atoms with Gasteiger partial charge in [-0.05, 0) is 44.9 Å². The summed E-state index contributed by atoms with van der Waals surface area (Å²) in [5, 5.41) is 11.7. The number of nitrogens with one attached hydrogen (secondary N) is 1. The zero-order valence-electron chi connectivity index (χ0n) is 19.0. The Morgan fingerprint density at radius 2 is 1.94 bits per heavy atom. The van der Waals surface area contributed by atoms with Crippen LogP contribution in [0.15, 0.2) is 28.3 Å². The number of hydrogen-bond acceptors (Lipinski definition) is 7. The molecule has 1 aliphatic rings. The number of benzene rings is 1. The number of anilines is 1. The van der Waals surface area contributed by atoms with E-state index in [1.54, 1.807) is 6.07 Å². The molecule has 176 valence electrons. The first-order valence-electron chi connectivity index (χ1n) is 10.8. The van der Waals surface area contributed by atoms with E-state index in [0.717, 1.165) is 31.5 Å². The fraction of sp³-hybridized carbons (Fsp3) is 0.571. The molecule has 0 spiro atoms. The van der Waals surface area contributed by atoms with Gasteiger partial charge in [-0.1, -0.05) is 25.1 Å². The Morgan fingerprint density at radius 1 is 1.22 bits per heavy atom. The summed E-state index contributed by atoms with van der Waals surface area (Å²) in [6.45, 7) is 6.77. The number of sulfonamides is 1. The largest absolute Gasteiger partial charge is 0.489 e. The molecule has 2 aromatic rings. The van der Waals surface area contributed by atoms with E-state index in [9.17, 15) is 13.2 Å². The summed E-state index contributed by atoms with van der Waals surface area (Å²) in [6, 6.07) is 4.63. The number of hydrogen-bond donors (Lipinski definition) is 1. The molecule has 2 heterocycles. The van der Waals surface area contributed by atoms with Gasteiger partial charge in [0.25, 0.3) is 0 Å². The van der Waals surface area contributed by atoms with Crippen molar-refractivity contribution in [2.24, 2.45) is 7.05 Å². The minimum Gasteiger partial charge on any atom is -0.489 e. The SMILES string of the molecule is CCc1nnc(SCC(=O)Nc2cc(S(=O)(=O)N3CCCCC3)ccc2OC(C)C)n1C. The molecule has 0 unspecified atom stereocenters. The molecule has 0 saturated carbocycles. The summed E-state index contributed by atoms with van der Waals surface area (Å²) < 4.78 is 35.3. The molecule has 0 radical (unpaired) electrons. The molecule has 1 aliphatic heterocycles. The summed E-state index contributed by atoms with van der Waals surface area (Å²) >= 11 is 1.27. The van der Waals surface area contributed by atoms with Gasteiger partial charge in [-0.25, -0.2) is 8.42 Å². The van der Waals surface area contributed by atoms with Gasteiger partial charge in [-0.2, -0.15) is 4.31 Å². The molecule has 1 N–H and O–H groups in total. The fourth-order valence-corrected chi connectivity index (χ4v) is 5.75. The normalized spacial score (nSPS) is 15.2. The maximum atomic E-state index is 13.1. The van der Waals surface area contributed by atoms with E-state index >= 15 is 0 Å². The molecule has 0 bridgehead atoms. The van der Waals surface area contributed by atoms with Crippen molar-refractivity contribution in [3.8, 4) is 5.75 Å². The first-order chi connectivity index (χ1) is 15.2. The van der Waals surface area contributed by atoms with Crippen molar-refractivity contribution in [3.63, 3.8) is 0 Å². The highest BCUT2D eigenvalue weighted by atomic mass is 32.2. The molecule has 1 aromatic carbocycles. The molecule has 11 heteroatoms. The lowest BCUT2D eigenvalue weighted by Gasteiger charge is -2.26. The summed E-state index contributed by atoms with van der Waals surface area (Å²) in [5.74, 6) is 1.11. The lowest BCUT2D eigenvalue weighted by molar-refractivity contribution is -0.113. The van der Waals surface area contributed by atoms with Crippen LogP contribution in [-0.4, -0.2) is 58.3 Å². The van der Waals surface area contributed by atoms with Crippen LogP contribution in [0.2, 0.25) is 0 Å². The van der Waals surface area contributed by atoms with Crippen molar-refractivity contribution in [3.05, 3.63) is 24.0 Å². The highest BCUT2D eigenvalue weighted by molar-refractivity contribution is 7.99. The van der Waals surface area contributed by atoms with Crippen LogP contribution in [0.25, 0.3) is 0 Å². The molecule has 1 aromatic heterocycles. The number of amides is 1. The van der Waals surface area contributed by atoms with Crippen molar-refractivity contribution in [1.29, 1.82) is 0 Å². The van der Waals surface area contributed by atoms with Gasteiger partial charge in [0, 0.05) is 26.6 Å². The van der Waals surface area contributed by atoms with E-state index in [2.05, 4.69) is 15.5 Å². The van der Waals surface area contributed by atoms with Crippen LogP contribution in [0.1, 0.15) is 45.9 Å². The second-order valence-electron chi connectivity index (χ2n) is 7.94. The molecular formula is C21H31N5O4S2. The van der Waals surface area contributed by atoms with Crippen LogP contribution >= 0.6 is 11.8 Å². The lowest BCUT2D eigenvalue weighted by Crippen LogP contribution is -2.35. The second-order valence-corrected chi connectivity index (χ2v) is 10.8. The first kappa shape index (κ1) is 24.5. The van der Waals surface area contributed by atoms with E-state index < -0.39 is 10.0 Å². The Morgan fingerprint density at radius 3 is 2.56 bits per heavy atom. The Bertz CT molecular complexity index is 1050. The number of aromatic nitrogens is 3. The van der Waals surface area contributed by atoms with Gasteiger partial charge < -0.3 is 14.6 Å². The lowest BCUT2D eigenvalue weighted by atomic mass is 10.2. The number of carbonyl (C=O) groups is 1. The van der Waals surface area contributed by atoms with E-state index in [-0.39, 0.29) is 22.7 Å². The van der Waals surface area contributed by atoms with Crippen LogP contribution in [0.3, 0.4) is 0 Å². The number of carbonyl (C=O) groups excluding carboxylic acids is 1. The van der Waals surface area contributed by atoms with Gasteiger partial charge >= 0.3 is 0 Å². The third-order valence-corrected chi connectivity index (χ3v) is 8.03. The predicted molar refractivity (Wildman–Crippen MR) is 125 cm³/mol. The van der Waals surface area contributed by atoms with Crippen molar-refractivity contribution in [1.82, 2.24) is 19.1 Å². The average molecular weight is 482 g/mol. The number of piperidine rings is 1. The second kappa shape index (κ2) is 10.7. The molecule has 0 atom stereocenters. The minimum absolute atomic E-state index is 0.111. The molecule has 1 amide bonds. The molecule has 32 heavy (non-hydrogen) atoms. The van der Waals surface area contributed by atoms with Crippen LogP contribution in [0.4, 0.5) is 5.69 Å². The molecule has 0 aliphatic carbocycles. The standard InChI is InChI=1S/C21H31N5O4S2/c1-5-19-23-24-21(25(19)4)31-14-20(27)22-17-13-16(9-10-18(17)30-15(2)3)32(28,29)26-11-7-6-8-12-26/h9-10,13,15H,5-8,11-12,14H2,1-4H3,(H,22,27). The average Bonchev–Trinajstić information content (AvgIpc) is 3.13. The van der Waals surface area contributed by atoms with E-state index in [0.29, 0.717) is 29.7 Å². The Balaban J connectivity index is 1.78. The highest BCUT2D eigenvalue weighted by Crippen LogP contribution is 2.31. The summed E-state index contributed by atoms with van der Waals surface area (Å²) in [7, 11) is -1.76. The third-order valence-electron chi connectivity index (χ3n) is 5.11. The van der Waals surface area contributed by atoms with E-state index in [4.69, 9.17) is 4.74 Å².